The predicted molar refractivity (Wildman–Crippen MR) is 89.4 cm³/mol. The fourth-order valence-corrected chi connectivity index (χ4v) is 2.28. The van der Waals surface area contributed by atoms with Gasteiger partial charge in [-0.2, -0.15) is 0 Å². The lowest BCUT2D eigenvalue weighted by Gasteiger charge is -2.15. The molecule has 0 aliphatic heterocycles. The van der Waals surface area contributed by atoms with E-state index < -0.39 is 0 Å². The van der Waals surface area contributed by atoms with Gasteiger partial charge in [0, 0.05) is 12.6 Å². The van der Waals surface area contributed by atoms with E-state index in [1.165, 1.54) is 16.7 Å². The van der Waals surface area contributed by atoms with E-state index in [9.17, 15) is 0 Å². The van der Waals surface area contributed by atoms with Crippen molar-refractivity contribution in [2.24, 2.45) is 0 Å². The van der Waals surface area contributed by atoms with Crippen molar-refractivity contribution in [2.75, 3.05) is 13.2 Å². The summed E-state index contributed by atoms with van der Waals surface area (Å²) >= 11 is 0. The third kappa shape index (κ3) is 5.00. The molecule has 0 aromatic heterocycles. The summed E-state index contributed by atoms with van der Waals surface area (Å²) in [5.41, 5.74) is 3.82. The largest absolute Gasteiger partial charge is 0.377 e. The summed E-state index contributed by atoms with van der Waals surface area (Å²) in [4.78, 5) is 0. The molecule has 112 valence electrons. The van der Waals surface area contributed by atoms with Gasteiger partial charge in [0.05, 0.1) is 12.7 Å². The number of hydrogen-bond acceptors (Lipinski definition) is 2. The average Bonchev–Trinajstić information content (AvgIpc) is 2.52. The number of rotatable bonds is 7. The van der Waals surface area contributed by atoms with Crippen molar-refractivity contribution in [2.45, 2.75) is 32.9 Å². The van der Waals surface area contributed by atoms with Gasteiger partial charge >= 0.3 is 0 Å². The van der Waals surface area contributed by atoms with Crippen LogP contribution in [-0.4, -0.2) is 19.3 Å². The number of benzene rings is 2. The number of ether oxygens (including phenoxy) is 1. The Kier molecular flexibility index (Phi) is 5.97. The summed E-state index contributed by atoms with van der Waals surface area (Å²) in [7, 11) is 0. The molecular formula is C19H25NO. The molecule has 0 aliphatic rings. The minimum atomic E-state index is 0.298. The Bertz CT molecular complexity index is 519. The molecule has 1 N–H and O–H groups in total. The van der Waals surface area contributed by atoms with Gasteiger partial charge in [-0.1, -0.05) is 54.6 Å². The van der Waals surface area contributed by atoms with E-state index in [2.05, 4.69) is 74.6 Å². The zero-order chi connectivity index (χ0) is 15.1. The van der Waals surface area contributed by atoms with E-state index >= 15 is 0 Å². The molecule has 0 saturated heterocycles. The van der Waals surface area contributed by atoms with Crippen molar-refractivity contribution in [1.82, 2.24) is 5.32 Å². The summed E-state index contributed by atoms with van der Waals surface area (Å²) in [5, 5.41) is 3.49. The molecule has 0 aliphatic carbocycles. The van der Waals surface area contributed by atoms with Gasteiger partial charge in [-0.3, -0.25) is 0 Å². The first-order chi connectivity index (χ1) is 10.2. The Labute approximate surface area is 128 Å². The Balaban J connectivity index is 1.89. The van der Waals surface area contributed by atoms with E-state index in [0.29, 0.717) is 12.1 Å². The highest BCUT2D eigenvalue weighted by Crippen LogP contribution is 2.21. The molecule has 0 bridgehead atoms. The molecule has 0 radical (unpaired) electrons. The zero-order valence-corrected chi connectivity index (χ0v) is 13.2. The first-order valence-corrected chi connectivity index (χ1v) is 7.67. The van der Waals surface area contributed by atoms with Crippen LogP contribution in [0.25, 0.3) is 11.1 Å². The fourth-order valence-electron chi connectivity index (χ4n) is 2.28. The lowest BCUT2D eigenvalue weighted by molar-refractivity contribution is 0.0796. The molecule has 1 atom stereocenters. The van der Waals surface area contributed by atoms with E-state index in [0.717, 1.165) is 13.2 Å². The smallest absolute Gasteiger partial charge is 0.0594 e. The second kappa shape index (κ2) is 7.96. The average molecular weight is 283 g/mol. The van der Waals surface area contributed by atoms with Crippen molar-refractivity contribution in [3.8, 4) is 11.1 Å². The fraction of sp³-hybridized carbons (Fsp3) is 0.368. The van der Waals surface area contributed by atoms with Gasteiger partial charge in [-0.25, -0.2) is 0 Å². The van der Waals surface area contributed by atoms with E-state index in [1.807, 2.05) is 6.07 Å². The molecule has 0 spiro atoms. The molecule has 0 saturated carbocycles. The van der Waals surface area contributed by atoms with Crippen molar-refractivity contribution < 1.29 is 4.74 Å². The van der Waals surface area contributed by atoms with E-state index in [4.69, 9.17) is 4.74 Å². The van der Waals surface area contributed by atoms with Crippen LogP contribution in [0.4, 0.5) is 0 Å². The van der Waals surface area contributed by atoms with Gasteiger partial charge in [-0.05, 0) is 37.5 Å². The Morgan fingerprint density at radius 3 is 2.10 bits per heavy atom. The van der Waals surface area contributed by atoms with Crippen LogP contribution in [0.15, 0.2) is 54.6 Å². The maximum atomic E-state index is 5.54. The normalized spacial score (nSPS) is 12.6. The van der Waals surface area contributed by atoms with Gasteiger partial charge < -0.3 is 10.1 Å². The van der Waals surface area contributed by atoms with Crippen LogP contribution in [0.2, 0.25) is 0 Å². The highest BCUT2D eigenvalue weighted by Gasteiger charge is 2.05. The molecular weight excluding hydrogens is 258 g/mol. The topological polar surface area (TPSA) is 21.3 Å². The van der Waals surface area contributed by atoms with Gasteiger partial charge in [0.15, 0.2) is 0 Å². The summed E-state index contributed by atoms with van der Waals surface area (Å²) in [5.74, 6) is 0. The van der Waals surface area contributed by atoms with Crippen LogP contribution < -0.4 is 5.32 Å². The lowest BCUT2D eigenvalue weighted by atomic mass is 10.0. The van der Waals surface area contributed by atoms with Crippen molar-refractivity contribution in [3.05, 3.63) is 60.2 Å². The zero-order valence-electron chi connectivity index (χ0n) is 13.2. The highest BCUT2D eigenvalue weighted by molar-refractivity contribution is 5.63. The van der Waals surface area contributed by atoms with Crippen molar-refractivity contribution >= 4 is 0 Å². The minimum absolute atomic E-state index is 0.298. The first-order valence-electron chi connectivity index (χ1n) is 7.67. The molecule has 2 rings (SSSR count). The molecule has 0 heterocycles. The standard InChI is InChI=1S/C19H25NO/c1-15(2)21-14-13-20-16(3)17-9-11-19(12-10-17)18-7-5-4-6-8-18/h4-12,15-16,20H,13-14H2,1-3H3. The Morgan fingerprint density at radius 2 is 1.48 bits per heavy atom. The third-order valence-electron chi connectivity index (χ3n) is 3.52. The van der Waals surface area contributed by atoms with E-state index in [1.54, 1.807) is 0 Å². The molecule has 0 fully saturated rings. The van der Waals surface area contributed by atoms with Gasteiger partial charge in [-0.15, -0.1) is 0 Å². The third-order valence-corrected chi connectivity index (χ3v) is 3.52. The van der Waals surface area contributed by atoms with Gasteiger partial charge in [0.1, 0.15) is 0 Å². The van der Waals surface area contributed by atoms with Crippen LogP contribution in [0.1, 0.15) is 32.4 Å². The summed E-state index contributed by atoms with van der Waals surface area (Å²) in [6, 6.07) is 19.6. The van der Waals surface area contributed by atoms with Crippen LogP contribution in [0.3, 0.4) is 0 Å². The van der Waals surface area contributed by atoms with Crippen LogP contribution >= 0.6 is 0 Å². The molecule has 2 aromatic carbocycles. The van der Waals surface area contributed by atoms with Crippen LogP contribution in [-0.2, 0) is 4.74 Å². The molecule has 2 nitrogen and oxygen atoms in total. The van der Waals surface area contributed by atoms with Crippen molar-refractivity contribution in [3.63, 3.8) is 0 Å². The molecule has 0 amide bonds. The molecule has 2 heteroatoms. The summed E-state index contributed by atoms with van der Waals surface area (Å²) < 4.78 is 5.54. The quantitative estimate of drug-likeness (QED) is 0.759. The SMILES string of the molecule is CC(C)OCCNC(C)c1ccc(-c2ccccc2)cc1. The second-order valence-corrected chi connectivity index (χ2v) is 5.58. The maximum Gasteiger partial charge on any atom is 0.0594 e. The highest BCUT2D eigenvalue weighted by atomic mass is 16.5. The van der Waals surface area contributed by atoms with Crippen LogP contribution in [0, 0.1) is 0 Å². The van der Waals surface area contributed by atoms with Gasteiger partial charge in [0.2, 0.25) is 0 Å². The summed E-state index contributed by atoms with van der Waals surface area (Å²) in [6.45, 7) is 7.94. The summed E-state index contributed by atoms with van der Waals surface area (Å²) in [6.07, 6.45) is 0.298. The number of nitrogens with one attached hydrogen (secondary N) is 1. The van der Waals surface area contributed by atoms with Gasteiger partial charge in [0.25, 0.3) is 0 Å². The number of hydrogen-bond donors (Lipinski definition) is 1. The second-order valence-electron chi connectivity index (χ2n) is 5.58. The predicted octanol–water partition coefficient (Wildman–Crippen LogP) is 4.43. The maximum absolute atomic E-state index is 5.54. The molecule has 2 aromatic rings. The van der Waals surface area contributed by atoms with Crippen LogP contribution in [0.5, 0.6) is 0 Å². The van der Waals surface area contributed by atoms with E-state index in [-0.39, 0.29) is 0 Å². The lowest BCUT2D eigenvalue weighted by Crippen LogP contribution is -2.24. The monoisotopic (exact) mass is 283 g/mol. The van der Waals surface area contributed by atoms with Crippen molar-refractivity contribution in [1.29, 1.82) is 0 Å². The molecule has 1 unspecified atom stereocenters. The Hall–Kier alpha value is -1.64. The first kappa shape index (κ1) is 15.7. The molecule has 21 heavy (non-hydrogen) atoms. The Morgan fingerprint density at radius 1 is 0.857 bits per heavy atom. The minimum Gasteiger partial charge on any atom is -0.377 e.